The predicted molar refractivity (Wildman–Crippen MR) is 245 cm³/mol. The van der Waals surface area contributed by atoms with E-state index in [1.54, 1.807) is 73.7 Å². The number of thiophene rings is 1. The molecule has 2 heterocycles. The summed E-state index contributed by atoms with van der Waals surface area (Å²) in [4.78, 5) is 59.4. The van der Waals surface area contributed by atoms with Crippen molar-refractivity contribution in [1.29, 1.82) is 0 Å². The van der Waals surface area contributed by atoms with Crippen molar-refractivity contribution in [3.63, 3.8) is 0 Å². The lowest BCUT2D eigenvalue weighted by Gasteiger charge is -2.27. The van der Waals surface area contributed by atoms with Gasteiger partial charge in [0, 0.05) is 46.2 Å². The highest BCUT2D eigenvalue weighted by molar-refractivity contribution is 8.00. The third-order valence-electron chi connectivity index (χ3n) is 10.0. The number of nitrogens with one attached hydrogen (secondary N) is 3. The van der Waals surface area contributed by atoms with E-state index < -0.39 is 23.0 Å². The van der Waals surface area contributed by atoms with Crippen LogP contribution in [0.2, 0.25) is 0 Å². The second kappa shape index (κ2) is 20.7. The SMILES string of the molecule is CCOC(=O)c1c(NC(=O)C(Sc2cccc(NC(=O)/C(=C\c3cccc(OC)c3OC)NC(=O)c3ccccc3)c2)c2ccccc2)sc2c1CCN(Cc1ccccc1)C2. The summed E-state index contributed by atoms with van der Waals surface area (Å²) in [5.41, 5.74) is 4.55. The van der Waals surface area contributed by atoms with E-state index in [0.717, 1.165) is 29.1 Å². The maximum absolute atomic E-state index is 14.5. The van der Waals surface area contributed by atoms with Gasteiger partial charge in [-0.25, -0.2) is 4.79 Å². The number of benzene rings is 5. The number of esters is 1. The van der Waals surface area contributed by atoms with Gasteiger partial charge in [0.05, 0.1) is 26.4 Å². The molecule has 0 saturated heterocycles. The van der Waals surface area contributed by atoms with Crippen molar-refractivity contribution in [1.82, 2.24) is 10.2 Å². The Morgan fingerprint density at radius 2 is 1.53 bits per heavy atom. The predicted octanol–water partition coefficient (Wildman–Crippen LogP) is 9.38. The van der Waals surface area contributed by atoms with Crippen molar-refractivity contribution in [2.45, 2.75) is 36.6 Å². The number of amides is 3. The number of rotatable bonds is 16. The molecule has 5 aromatic carbocycles. The first-order valence-corrected chi connectivity index (χ1v) is 21.7. The summed E-state index contributed by atoms with van der Waals surface area (Å²) < 4.78 is 16.6. The molecule has 62 heavy (non-hydrogen) atoms. The Labute approximate surface area is 369 Å². The van der Waals surface area contributed by atoms with E-state index in [-0.39, 0.29) is 18.2 Å². The number of fused-ring (bicyclic) bond motifs is 1. The third kappa shape index (κ3) is 10.6. The highest BCUT2D eigenvalue weighted by Gasteiger charge is 2.32. The number of carbonyl (C=O) groups excluding carboxylic acids is 4. The van der Waals surface area contributed by atoms with Crippen LogP contribution in [0.15, 0.2) is 144 Å². The summed E-state index contributed by atoms with van der Waals surface area (Å²) in [7, 11) is 3.01. The number of methoxy groups -OCH3 is 2. The van der Waals surface area contributed by atoms with Crippen LogP contribution < -0.4 is 25.4 Å². The smallest absolute Gasteiger partial charge is 0.341 e. The summed E-state index contributed by atoms with van der Waals surface area (Å²) in [6.45, 7) is 4.16. The molecule has 3 N–H and O–H groups in total. The van der Waals surface area contributed by atoms with Gasteiger partial charge in [0.2, 0.25) is 5.91 Å². The van der Waals surface area contributed by atoms with Crippen LogP contribution >= 0.6 is 23.1 Å². The lowest BCUT2D eigenvalue weighted by atomic mass is 10.0. The first-order chi connectivity index (χ1) is 30.2. The van der Waals surface area contributed by atoms with Gasteiger partial charge in [-0.05, 0) is 72.5 Å². The molecule has 0 aliphatic carbocycles. The molecule has 1 aliphatic rings. The van der Waals surface area contributed by atoms with Gasteiger partial charge in [-0.3, -0.25) is 19.3 Å². The van der Waals surface area contributed by atoms with Crippen molar-refractivity contribution in [3.8, 4) is 11.5 Å². The van der Waals surface area contributed by atoms with E-state index in [1.165, 1.54) is 49.0 Å². The van der Waals surface area contributed by atoms with Gasteiger partial charge in [0.15, 0.2) is 11.5 Å². The summed E-state index contributed by atoms with van der Waals surface area (Å²) in [5.74, 6) is -0.992. The highest BCUT2D eigenvalue weighted by atomic mass is 32.2. The van der Waals surface area contributed by atoms with E-state index in [2.05, 4.69) is 33.0 Å². The topological polar surface area (TPSA) is 135 Å². The Kier molecular flexibility index (Phi) is 14.5. The number of thioether (sulfide) groups is 1. The average Bonchev–Trinajstić information content (AvgIpc) is 3.65. The number of para-hydroxylation sites is 1. The van der Waals surface area contributed by atoms with Crippen molar-refractivity contribution in [2.75, 3.05) is 38.0 Å². The van der Waals surface area contributed by atoms with Gasteiger partial charge in [-0.15, -0.1) is 23.1 Å². The number of anilines is 2. The van der Waals surface area contributed by atoms with Gasteiger partial charge in [-0.2, -0.15) is 0 Å². The summed E-state index contributed by atoms with van der Waals surface area (Å²) in [6.07, 6.45) is 2.18. The minimum atomic E-state index is -0.743. The molecule has 316 valence electrons. The Morgan fingerprint density at radius 3 is 2.24 bits per heavy atom. The van der Waals surface area contributed by atoms with Gasteiger partial charge < -0.3 is 30.2 Å². The molecule has 0 spiro atoms. The zero-order valence-corrected chi connectivity index (χ0v) is 36.1. The maximum atomic E-state index is 14.5. The highest BCUT2D eigenvalue weighted by Crippen LogP contribution is 2.42. The summed E-state index contributed by atoms with van der Waals surface area (Å²) >= 11 is 2.72. The quantitative estimate of drug-likeness (QED) is 0.0494. The monoisotopic (exact) mass is 866 g/mol. The van der Waals surface area contributed by atoms with Crippen LogP contribution in [-0.2, 0) is 33.8 Å². The standard InChI is InChI=1S/C49H46N4O7S2/c1-4-60-49(57)42-38-26-27-53(30-32-16-8-5-9-17-32)31-41(38)62-48(42)52-47(56)44(33-18-10-6-11-19-33)61-37-24-15-23-36(29-37)50-46(55)39(51-45(54)34-20-12-7-13-21-34)28-35-22-14-25-40(58-2)43(35)59-3/h5-25,28-29,44H,4,26-27,30-31H2,1-3H3,(H,50,55)(H,51,54)(H,52,56)/b39-28+. The number of carbonyl (C=O) groups is 4. The van der Waals surface area contributed by atoms with E-state index in [4.69, 9.17) is 14.2 Å². The molecule has 1 atom stereocenters. The van der Waals surface area contributed by atoms with Crippen molar-refractivity contribution in [2.24, 2.45) is 0 Å². The number of hydrogen-bond donors (Lipinski definition) is 3. The fourth-order valence-electron chi connectivity index (χ4n) is 7.12. The molecule has 7 rings (SSSR count). The van der Waals surface area contributed by atoms with Crippen LogP contribution in [0.4, 0.5) is 10.7 Å². The molecule has 3 amide bonds. The second-order valence-electron chi connectivity index (χ2n) is 14.2. The Morgan fingerprint density at radius 1 is 0.823 bits per heavy atom. The van der Waals surface area contributed by atoms with E-state index in [1.807, 2.05) is 54.6 Å². The molecule has 0 saturated carbocycles. The zero-order valence-electron chi connectivity index (χ0n) is 34.5. The average molecular weight is 867 g/mol. The second-order valence-corrected chi connectivity index (χ2v) is 16.5. The minimum absolute atomic E-state index is 0.0377. The molecule has 1 unspecified atom stereocenters. The van der Waals surface area contributed by atoms with Crippen molar-refractivity contribution in [3.05, 3.63) is 177 Å². The normalized spacial score (nSPS) is 13.0. The molecule has 13 heteroatoms. The number of hydrogen-bond acceptors (Lipinski definition) is 10. The molecule has 11 nitrogen and oxygen atoms in total. The van der Waals surface area contributed by atoms with E-state index >= 15 is 0 Å². The Bertz CT molecular complexity index is 2560. The fourth-order valence-corrected chi connectivity index (χ4v) is 9.49. The number of nitrogens with zero attached hydrogens (tertiary/aromatic N) is 1. The summed E-state index contributed by atoms with van der Waals surface area (Å²) in [6, 6.07) is 40.6. The first kappa shape index (κ1) is 43.4. The van der Waals surface area contributed by atoms with E-state index in [9.17, 15) is 19.2 Å². The van der Waals surface area contributed by atoms with Crippen molar-refractivity contribution >= 4 is 63.6 Å². The molecule has 1 aromatic heterocycles. The lowest BCUT2D eigenvalue weighted by molar-refractivity contribution is -0.116. The van der Waals surface area contributed by atoms with Crippen LogP contribution in [-0.4, -0.2) is 56.0 Å². The minimum Gasteiger partial charge on any atom is -0.493 e. The molecular weight excluding hydrogens is 821 g/mol. The van der Waals surface area contributed by atoms with Crippen molar-refractivity contribution < 1.29 is 33.4 Å². The van der Waals surface area contributed by atoms with Gasteiger partial charge in [0.1, 0.15) is 15.9 Å². The molecule has 0 fully saturated rings. The lowest BCUT2D eigenvalue weighted by Crippen LogP contribution is -2.30. The van der Waals surface area contributed by atoms with Gasteiger partial charge >= 0.3 is 5.97 Å². The molecule has 6 aromatic rings. The van der Waals surface area contributed by atoms with Crippen LogP contribution in [0.1, 0.15) is 60.0 Å². The molecular formula is C49H46N4O7S2. The summed E-state index contributed by atoms with van der Waals surface area (Å²) in [5, 5.41) is 8.54. The molecule has 0 radical (unpaired) electrons. The third-order valence-corrected chi connectivity index (χ3v) is 12.4. The van der Waals surface area contributed by atoms with Crippen LogP contribution in [0.5, 0.6) is 11.5 Å². The van der Waals surface area contributed by atoms with Crippen LogP contribution in [0.25, 0.3) is 6.08 Å². The zero-order chi connectivity index (χ0) is 43.4. The Balaban J connectivity index is 1.14. The largest absolute Gasteiger partial charge is 0.493 e. The first-order valence-electron chi connectivity index (χ1n) is 20.1. The van der Waals surface area contributed by atoms with Crippen LogP contribution in [0.3, 0.4) is 0 Å². The van der Waals surface area contributed by atoms with E-state index in [0.29, 0.717) is 56.7 Å². The number of ether oxygens (including phenoxy) is 3. The van der Waals surface area contributed by atoms with Gasteiger partial charge in [0.25, 0.3) is 11.8 Å². The maximum Gasteiger partial charge on any atom is 0.341 e. The Hall–Kier alpha value is -6.67. The fraction of sp³-hybridized carbons (Fsp3) is 0.184. The molecule has 0 bridgehead atoms. The van der Waals surface area contributed by atoms with Gasteiger partial charge in [-0.1, -0.05) is 97.1 Å². The van der Waals surface area contributed by atoms with Crippen LogP contribution in [0, 0.1) is 0 Å². The molecule has 1 aliphatic heterocycles.